The molecule has 0 saturated carbocycles. The first kappa shape index (κ1) is 21.7. The van der Waals surface area contributed by atoms with Gasteiger partial charge in [0.1, 0.15) is 17.7 Å². The summed E-state index contributed by atoms with van der Waals surface area (Å²) in [5.74, 6) is -1.37. The predicted molar refractivity (Wildman–Crippen MR) is 116 cm³/mol. The Balaban J connectivity index is 1.23. The Morgan fingerprint density at radius 2 is 1.76 bits per heavy atom. The van der Waals surface area contributed by atoms with E-state index in [1.165, 1.54) is 12.1 Å². The van der Waals surface area contributed by atoms with Crippen LogP contribution in [0.25, 0.3) is 0 Å². The van der Waals surface area contributed by atoms with Gasteiger partial charge in [-0.2, -0.15) is 0 Å². The van der Waals surface area contributed by atoms with Crippen molar-refractivity contribution < 1.29 is 23.2 Å². The van der Waals surface area contributed by atoms with Gasteiger partial charge >= 0.3 is 0 Å². The van der Waals surface area contributed by atoms with E-state index in [2.05, 4.69) is 16.3 Å². The second kappa shape index (κ2) is 8.67. The number of benzene rings is 2. The predicted octanol–water partition coefficient (Wildman–Crippen LogP) is 3.11. The fourth-order valence-electron chi connectivity index (χ4n) is 5.18. The van der Waals surface area contributed by atoms with Gasteiger partial charge < -0.3 is 4.90 Å². The Labute approximate surface area is 190 Å². The summed E-state index contributed by atoms with van der Waals surface area (Å²) >= 11 is 0. The lowest BCUT2D eigenvalue weighted by atomic mass is 9.87. The fourth-order valence-corrected chi connectivity index (χ4v) is 5.18. The van der Waals surface area contributed by atoms with Gasteiger partial charge in [-0.25, -0.2) is 8.78 Å². The van der Waals surface area contributed by atoms with E-state index >= 15 is 0 Å². The lowest BCUT2D eigenvalue weighted by Crippen LogP contribution is -2.52. The van der Waals surface area contributed by atoms with Gasteiger partial charge in [-0.15, -0.1) is 0 Å². The molecule has 1 N–H and O–H groups in total. The molecule has 2 fully saturated rings. The van der Waals surface area contributed by atoms with Crippen LogP contribution in [0.15, 0.2) is 36.4 Å². The standard InChI is InChI=1S/C25H25F2N3O3/c26-19-2-4-21(27)18(12-19)13-29-9-7-15(8-10-29)16-1-3-20-17(11-16)14-30(25(20)33)22-5-6-23(31)28-24(22)32/h1-4,11-12,15,22H,5-10,13-14H2,(H,28,31,32). The van der Waals surface area contributed by atoms with Crippen LogP contribution in [-0.4, -0.2) is 46.7 Å². The van der Waals surface area contributed by atoms with Crippen LogP contribution in [0, 0.1) is 11.6 Å². The molecule has 3 heterocycles. The molecule has 0 radical (unpaired) electrons. The molecular formula is C25H25F2N3O3. The van der Waals surface area contributed by atoms with Gasteiger partial charge in [0.25, 0.3) is 5.91 Å². The minimum atomic E-state index is -0.613. The first-order valence-electron chi connectivity index (χ1n) is 11.3. The molecule has 1 atom stereocenters. The number of imide groups is 1. The number of halogens is 2. The number of amides is 3. The van der Waals surface area contributed by atoms with E-state index < -0.39 is 17.8 Å². The van der Waals surface area contributed by atoms with E-state index in [-0.39, 0.29) is 24.1 Å². The van der Waals surface area contributed by atoms with Crippen molar-refractivity contribution in [2.45, 2.75) is 50.7 Å². The van der Waals surface area contributed by atoms with Gasteiger partial charge in [-0.3, -0.25) is 24.6 Å². The van der Waals surface area contributed by atoms with Crippen LogP contribution in [0.3, 0.4) is 0 Å². The maximum absolute atomic E-state index is 14.0. The van der Waals surface area contributed by atoms with Crippen LogP contribution >= 0.6 is 0 Å². The topological polar surface area (TPSA) is 69.7 Å². The smallest absolute Gasteiger partial charge is 0.255 e. The number of likely N-dealkylation sites (tertiary alicyclic amines) is 1. The maximum atomic E-state index is 14.0. The second-order valence-electron chi connectivity index (χ2n) is 9.10. The molecule has 6 nitrogen and oxygen atoms in total. The molecule has 3 aliphatic heterocycles. The van der Waals surface area contributed by atoms with Crippen LogP contribution in [0.1, 0.15) is 58.6 Å². The van der Waals surface area contributed by atoms with Crippen molar-refractivity contribution in [1.82, 2.24) is 15.1 Å². The van der Waals surface area contributed by atoms with E-state index in [1.807, 2.05) is 12.1 Å². The van der Waals surface area contributed by atoms with E-state index in [9.17, 15) is 23.2 Å². The normalized spacial score (nSPS) is 21.9. The molecule has 8 heteroatoms. The highest BCUT2D eigenvalue weighted by Gasteiger charge is 2.39. The Kier molecular flexibility index (Phi) is 5.70. The van der Waals surface area contributed by atoms with Crippen molar-refractivity contribution in [1.29, 1.82) is 0 Å². The summed E-state index contributed by atoms with van der Waals surface area (Å²) in [4.78, 5) is 40.2. The van der Waals surface area contributed by atoms with Crippen LogP contribution in [0.5, 0.6) is 0 Å². The summed E-state index contributed by atoms with van der Waals surface area (Å²) in [6, 6.07) is 8.83. The van der Waals surface area contributed by atoms with Gasteiger partial charge in [-0.05, 0) is 73.7 Å². The van der Waals surface area contributed by atoms with E-state index in [4.69, 9.17) is 0 Å². The van der Waals surface area contributed by atoms with Gasteiger partial charge in [0.15, 0.2) is 0 Å². The number of rotatable bonds is 4. The van der Waals surface area contributed by atoms with Crippen molar-refractivity contribution in [3.05, 3.63) is 70.3 Å². The minimum Gasteiger partial charge on any atom is -0.322 e. The Morgan fingerprint density at radius 3 is 2.52 bits per heavy atom. The highest BCUT2D eigenvalue weighted by molar-refractivity contribution is 6.05. The summed E-state index contributed by atoms with van der Waals surface area (Å²) in [6.07, 6.45) is 2.36. The average Bonchev–Trinajstić information content (AvgIpc) is 3.12. The third-order valence-electron chi connectivity index (χ3n) is 7.01. The molecule has 2 aromatic carbocycles. The number of nitrogens with one attached hydrogen (secondary N) is 1. The van der Waals surface area contributed by atoms with Gasteiger partial charge in [0, 0.05) is 30.6 Å². The zero-order valence-electron chi connectivity index (χ0n) is 18.2. The molecule has 0 aromatic heterocycles. The maximum Gasteiger partial charge on any atom is 0.255 e. The van der Waals surface area contributed by atoms with E-state index in [0.29, 0.717) is 36.6 Å². The van der Waals surface area contributed by atoms with Crippen LogP contribution < -0.4 is 5.32 Å². The number of carbonyl (C=O) groups excluding carboxylic acids is 3. The number of piperidine rings is 2. The summed E-state index contributed by atoms with van der Waals surface area (Å²) in [5, 5.41) is 2.32. The molecule has 5 rings (SSSR count). The summed E-state index contributed by atoms with van der Waals surface area (Å²) in [7, 11) is 0. The number of hydrogen-bond acceptors (Lipinski definition) is 4. The largest absolute Gasteiger partial charge is 0.322 e. The summed E-state index contributed by atoms with van der Waals surface area (Å²) < 4.78 is 27.4. The number of carbonyl (C=O) groups is 3. The third kappa shape index (κ3) is 4.27. The molecule has 172 valence electrons. The average molecular weight is 453 g/mol. The van der Waals surface area contributed by atoms with Crippen molar-refractivity contribution in [2.75, 3.05) is 13.1 Å². The highest BCUT2D eigenvalue weighted by atomic mass is 19.1. The number of hydrogen-bond donors (Lipinski definition) is 1. The van der Waals surface area contributed by atoms with Crippen molar-refractivity contribution in [3.8, 4) is 0 Å². The molecule has 1 unspecified atom stereocenters. The van der Waals surface area contributed by atoms with Crippen molar-refractivity contribution >= 4 is 17.7 Å². The third-order valence-corrected chi connectivity index (χ3v) is 7.01. The van der Waals surface area contributed by atoms with Gasteiger partial charge in [0.2, 0.25) is 11.8 Å². The van der Waals surface area contributed by atoms with Crippen LogP contribution in [-0.2, 0) is 22.7 Å². The second-order valence-corrected chi connectivity index (χ2v) is 9.10. The molecule has 0 spiro atoms. The van der Waals surface area contributed by atoms with Crippen LogP contribution in [0.2, 0.25) is 0 Å². The first-order chi connectivity index (χ1) is 15.9. The molecule has 3 amide bonds. The van der Waals surface area contributed by atoms with E-state index in [0.717, 1.165) is 43.1 Å². The number of nitrogens with zero attached hydrogens (tertiary/aromatic N) is 2. The Hall–Kier alpha value is -3.13. The molecule has 33 heavy (non-hydrogen) atoms. The molecule has 2 aromatic rings. The Morgan fingerprint density at radius 1 is 0.970 bits per heavy atom. The fraction of sp³-hybridized carbons (Fsp3) is 0.400. The highest BCUT2D eigenvalue weighted by Crippen LogP contribution is 2.34. The molecule has 0 aliphatic carbocycles. The molecular weight excluding hydrogens is 428 g/mol. The minimum absolute atomic E-state index is 0.169. The SMILES string of the molecule is O=C1CCC(N2Cc3cc(C4CCN(Cc5cc(F)ccc5F)CC4)ccc3C2=O)C(=O)N1. The molecule has 0 bridgehead atoms. The van der Waals surface area contributed by atoms with Crippen molar-refractivity contribution in [3.63, 3.8) is 0 Å². The van der Waals surface area contributed by atoms with E-state index in [1.54, 1.807) is 4.90 Å². The quantitative estimate of drug-likeness (QED) is 0.723. The lowest BCUT2D eigenvalue weighted by Gasteiger charge is -2.32. The van der Waals surface area contributed by atoms with Gasteiger partial charge in [0.05, 0.1) is 0 Å². The van der Waals surface area contributed by atoms with Crippen LogP contribution in [0.4, 0.5) is 8.78 Å². The summed E-state index contributed by atoms with van der Waals surface area (Å²) in [6.45, 7) is 2.31. The molecule has 2 saturated heterocycles. The van der Waals surface area contributed by atoms with Crippen molar-refractivity contribution in [2.24, 2.45) is 0 Å². The van der Waals surface area contributed by atoms with Gasteiger partial charge in [-0.1, -0.05) is 12.1 Å². The molecule has 3 aliphatic rings. The Bertz CT molecular complexity index is 1130. The monoisotopic (exact) mass is 453 g/mol. The lowest BCUT2D eigenvalue weighted by molar-refractivity contribution is -0.136. The number of fused-ring (bicyclic) bond motifs is 1. The summed E-state index contributed by atoms with van der Waals surface area (Å²) in [5.41, 5.74) is 3.05. The first-order valence-corrected chi connectivity index (χ1v) is 11.3. The zero-order valence-corrected chi connectivity index (χ0v) is 18.2. The zero-order chi connectivity index (χ0) is 23.1.